The van der Waals surface area contributed by atoms with Crippen molar-refractivity contribution < 1.29 is 5.11 Å². The fourth-order valence-corrected chi connectivity index (χ4v) is 10.2. The molecule has 0 amide bonds. The van der Waals surface area contributed by atoms with Gasteiger partial charge in [-0.15, -0.1) is 34.0 Å². The molecule has 7 aromatic rings. The van der Waals surface area contributed by atoms with E-state index in [4.69, 9.17) is 9.97 Å². The Balaban J connectivity index is 1.09. The Hall–Kier alpha value is -3.73. The van der Waals surface area contributed by atoms with Crippen LogP contribution in [0.1, 0.15) is 125 Å². The van der Waals surface area contributed by atoms with Gasteiger partial charge in [-0.1, -0.05) is 102 Å². The lowest BCUT2D eigenvalue weighted by Crippen LogP contribution is -2.14. The van der Waals surface area contributed by atoms with Crippen LogP contribution in [0.15, 0.2) is 29.1 Å². The van der Waals surface area contributed by atoms with Gasteiger partial charge in [0.05, 0.1) is 25.7 Å². The number of unbranched alkanes of at least 4 members (excludes halogenated alkanes) is 12. The SMILES string of the molecule is CCCCCCCCC#Cc1cc2c(nc3n2C(O)c2sc4c(=O)n5c6cc(C#CCCCCCCCC)sc6nc5c5ccc-3c2c45)s1. The zero-order valence-corrected chi connectivity index (χ0v) is 30.6. The molecule has 49 heavy (non-hydrogen) atoms. The highest BCUT2D eigenvalue weighted by Gasteiger charge is 2.34. The first-order chi connectivity index (χ1) is 24.1. The summed E-state index contributed by atoms with van der Waals surface area (Å²) in [5, 5.41) is 14.6. The molecule has 0 bridgehead atoms. The highest BCUT2D eigenvalue weighted by Crippen LogP contribution is 2.50. The molecular weight excluding hydrogens is 665 g/mol. The summed E-state index contributed by atoms with van der Waals surface area (Å²) in [5.74, 6) is 14.1. The maximum Gasteiger partial charge on any atom is 0.274 e. The monoisotopic (exact) mass is 704 g/mol. The van der Waals surface area contributed by atoms with E-state index in [1.54, 1.807) is 27.1 Å². The van der Waals surface area contributed by atoms with Crippen LogP contribution in [0.4, 0.5) is 0 Å². The molecule has 1 aromatic carbocycles. The third-order valence-electron chi connectivity index (χ3n) is 9.73. The van der Waals surface area contributed by atoms with Gasteiger partial charge in [0, 0.05) is 34.6 Å². The molecule has 1 unspecified atom stereocenters. The predicted octanol–water partition coefficient (Wildman–Crippen LogP) is 10.8. The second-order valence-corrected chi connectivity index (χ2v) is 16.3. The first-order valence-corrected chi connectivity index (χ1v) is 20.4. The number of thiophene rings is 3. The number of hydrogen-bond acceptors (Lipinski definition) is 7. The Bertz CT molecular complexity index is 2500. The highest BCUT2D eigenvalue weighted by molar-refractivity contribution is 7.20. The molecule has 1 atom stereocenters. The second kappa shape index (κ2) is 13.9. The third-order valence-corrected chi connectivity index (χ3v) is 12.8. The van der Waals surface area contributed by atoms with Crippen molar-refractivity contribution >= 4 is 81.2 Å². The zero-order valence-electron chi connectivity index (χ0n) is 28.2. The van der Waals surface area contributed by atoms with Crippen LogP contribution in [0, 0.1) is 23.7 Å². The molecule has 1 N–H and O–H groups in total. The van der Waals surface area contributed by atoms with Crippen LogP contribution in [0.5, 0.6) is 0 Å². The second-order valence-electron chi connectivity index (χ2n) is 13.2. The first-order valence-electron chi connectivity index (χ1n) is 17.9. The van der Waals surface area contributed by atoms with E-state index in [0.29, 0.717) is 10.3 Å². The zero-order chi connectivity index (χ0) is 33.5. The van der Waals surface area contributed by atoms with Crippen LogP contribution in [0.25, 0.3) is 58.6 Å². The Morgan fingerprint density at radius 3 is 2.04 bits per heavy atom. The van der Waals surface area contributed by atoms with Crippen molar-refractivity contribution in [3.05, 3.63) is 49.3 Å². The number of rotatable bonds is 12. The van der Waals surface area contributed by atoms with Gasteiger partial charge in [-0.25, -0.2) is 9.97 Å². The lowest BCUT2D eigenvalue weighted by Gasteiger charge is -2.21. The van der Waals surface area contributed by atoms with Crippen LogP contribution in [-0.4, -0.2) is 24.0 Å². The molecule has 7 heterocycles. The molecule has 0 saturated heterocycles. The van der Waals surface area contributed by atoms with Crippen LogP contribution in [-0.2, 0) is 0 Å². The normalized spacial score (nSPS) is 13.9. The van der Waals surface area contributed by atoms with Crippen LogP contribution in [0.3, 0.4) is 0 Å². The van der Waals surface area contributed by atoms with Crippen molar-refractivity contribution in [3.8, 4) is 35.1 Å². The quantitative estimate of drug-likeness (QED) is 0.101. The van der Waals surface area contributed by atoms with Crippen LogP contribution >= 0.6 is 34.0 Å². The molecule has 6 nitrogen and oxygen atoms in total. The summed E-state index contributed by atoms with van der Waals surface area (Å²) in [4.78, 5) is 28.5. The molecule has 6 aromatic heterocycles. The topological polar surface area (TPSA) is 72.4 Å². The Labute approximate surface area is 298 Å². The van der Waals surface area contributed by atoms with Gasteiger partial charge in [0.15, 0.2) is 6.23 Å². The molecule has 8 rings (SSSR count). The van der Waals surface area contributed by atoms with E-state index in [1.807, 2.05) is 10.6 Å². The van der Waals surface area contributed by atoms with Gasteiger partial charge in [-0.05, 0) is 37.1 Å². The van der Waals surface area contributed by atoms with Crippen molar-refractivity contribution in [3.63, 3.8) is 0 Å². The number of aliphatic hydroxyl groups excluding tert-OH is 1. The van der Waals surface area contributed by atoms with Gasteiger partial charge in [0.25, 0.3) is 5.56 Å². The Kier molecular flexibility index (Phi) is 9.20. The molecule has 1 aliphatic heterocycles. The number of aliphatic hydroxyl groups is 1. The lowest BCUT2D eigenvalue weighted by molar-refractivity contribution is 0.156. The number of benzene rings is 1. The number of aromatic nitrogens is 4. The van der Waals surface area contributed by atoms with Crippen molar-refractivity contribution in [2.75, 3.05) is 0 Å². The van der Waals surface area contributed by atoms with E-state index in [9.17, 15) is 9.90 Å². The van der Waals surface area contributed by atoms with Gasteiger partial charge in [-0.2, -0.15) is 0 Å². The maximum absolute atomic E-state index is 14.2. The number of hydrogen-bond donors (Lipinski definition) is 1. The van der Waals surface area contributed by atoms with E-state index in [0.717, 1.165) is 88.6 Å². The van der Waals surface area contributed by atoms with Crippen molar-refractivity contribution in [2.45, 2.75) is 110 Å². The summed E-state index contributed by atoms with van der Waals surface area (Å²) < 4.78 is 4.30. The van der Waals surface area contributed by atoms with Gasteiger partial charge >= 0.3 is 0 Å². The summed E-state index contributed by atoms with van der Waals surface area (Å²) in [7, 11) is 0. The number of pyridine rings is 1. The summed E-state index contributed by atoms with van der Waals surface area (Å²) >= 11 is 4.52. The van der Waals surface area contributed by atoms with Gasteiger partial charge in [0.1, 0.15) is 25.8 Å². The van der Waals surface area contributed by atoms with Crippen LogP contribution in [0.2, 0.25) is 0 Å². The largest absolute Gasteiger partial charge is 0.368 e. The minimum atomic E-state index is -0.935. The molecule has 0 aliphatic carbocycles. The lowest BCUT2D eigenvalue weighted by atomic mass is 9.98. The van der Waals surface area contributed by atoms with E-state index >= 15 is 0 Å². The highest BCUT2D eigenvalue weighted by atomic mass is 32.1. The van der Waals surface area contributed by atoms with Gasteiger partial charge in [-0.3, -0.25) is 13.8 Å². The average Bonchev–Trinajstić information content (AvgIpc) is 3.91. The average molecular weight is 705 g/mol. The van der Waals surface area contributed by atoms with E-state index in [-0.39, 0.29) is 5.56 Å². The van der Waals surface area contributed by atoms with Gasteiger partial charge in [0.2, 0.25) is 0 Å². The van der Waals surface area contributed by atoms with Crippen LogP contribution < -0.4 is 5.56 Å². The van der Waals surface area contributed by atoms with E-state index in [2.05, 4.69) is 55.7 Å². The van der Waals surface area contributed by atoms with Crippen molar-refractivity contribution in [1.29, 1.82) is 0 Å². The summed E-state index contributed by atoms with van der Waals surface area (Å²) in [6.45, 7) is 4.48. The predicted molar refractivity (Wildman–Crippen MR) is 208 cm³/mol. The maximum atomic E-state index is 14.2. The molecule has 0 fully saturated rings. The summed E-state index contributed by atoms with van der Waals surface area (Å²) in [6, 6.07) is 8.21. The van der Waals surface area contributed by atoms with Crippen molar-refractivity contribution in [1.82, 2.24) is 18.9 Å². The number of nitrogens with zero attached hydrogens (tertiary/aromatic N) is 4. The summed E-state index contributed by atoms with van der Waals surface area (Å²) in [5.41, 5.74) is 3.20. The molecule has 0 saturated carbocycles. The molecule has 0 radical (unpaired) electrons. The minimum Gasteiger partial charge on any atom is -0.368 e. The molecule has 1 aliphatic rings. The van der Waals surface area contributed by atoms with E-state index in [1.165, 1.54) is 75.5 Å². The smallest absolute Gasteiger partial charge is 0.274 e. The standard InChI is InChI=1S/C40H40N4O2S3/c1-3-5-7-9-11-13-15-17-19-25-23-29-37(47-25)41-35-27-21-22-28-32-31(27)33(39(45)43(29)35)49-34(32)40(46)44-30-24-26(48-38(30)42-36(28)44)20-18-16-14-12-10-8-6-4-2/h21-24,39,45H,3-16H2,1-2H3. The van der Waals surface area contributed by atoms with E-state index < -0.39 is 6.23 Å². The fourth-order valence-electron chi connectivity index (χ4n) is 7.23. The molecule has 9 heteroatoms. The van der Waals surface area contributed by atoms with Crippen molar-refractivity contribution in [2.24, 2.45) is 0 Å². The minimum absolute atomic E-state index is 0.0943. The molecule has 0 spiro atoms. The number of fused-ring (bicyclic) bond motifs is 8. The Morgan fingerprint density at radius 1 is 0.755 bits per heavy atom. The summed E-state index contributed by atoms with van der Waals surface area (Å²) in [6.07, 6.45) is 15.9. The third kappa shape index (κ3) is 5.75. The Morgan fingerprint density at radius 2 is 1.37 bits per heavy atom. The molecule has 250 valence electrons. The first kappa shape index (κ1) is 32.5. The van der Waals surface area contributed by atoms with Gasteiger partial charge < -0.3 is 5.11 Å². The number of imidazole rings is 2. The fraction of sp³-hybridized carbons (Fsp3) is 0.425. The molecular formula is C40H40N4O2S3.